The van der Waals surface area contributed by atoms with Crippen LogP contribution >= 0.6 is 34.9 Å². The highest BCUT2D eigenvalue weighted by Crippen LogP contribution is 2.31. The molecule has 0 aliphatic carbocycles. The highest BCUT2D eigenvalue weighted by atomic mass is 32.2. The van der Waals surface area contributed by atoms with Crippen LogP contribution in [0.15, 0.2) is 32.3 Å². The lowest BCUT2D eigenvalue weighted by molar-refractivity contribution is -0.137. The zero-order valence-corrected chi connectivity index (χ0v) is 19.4. The third-order valence-corrected chi connectivity index (χ3v) is 7.64. The second-order valence-electron chi connectivity index (χ2n) is 5.85. The van der Waals surface area contributed by atoms with E-state index in [2.05, 4.69) is 25.0 Å². The molecule has 0 radical (unpaired) electrons. The highest BCUT2D eigenvalue weighted by molar-refractivity contribution is 8.01. The number of nitrogens with one attached hydrogen (secondary N) is 2. The van der Waals surface area contributed by atoms with Crippen molar-refractivity contribution in [1.29, 1.82) is 0 Å². The van der Waals surface area contributed by atoms with Crippen molar-refractivity contribution in [2.24, 2.45) is 5.92 Å². The van der Waals surface area contributed by atoms with Crippen LogP contribution in [0.4, 0.5) is 10.8 Å². The normalized spacial score (nSPS) is 11.3. The summed E-state index contributed by atoms with van der Waals surface area (Å²) < 4.78 is 32.8. The van der Waals surface area contributed by atoms with Crippen molar-refractivity contribution in [2.45, 2.75) is 28.0 Å². The summed E-state index contributed by atoms with van der Waals surface area (Å²) >= 11 is 3.49. The van der Waals surface area contributed by atoms with Crippen molar-refractivity contribution < 1.29 is 22.7 Å². The van der Waals surface area contributed by atoms with Crippen LogP contribution in [0.5, 0.6) is 0 Å². The second kappa shape index (κ2) is 10.3. The van der Waals surface area contributed by atoms with Gasteiger partial charge in [0.25, 0.3) is 10.0 Å². The van der Waals surface area contributed by atoms with E-state index in [4.69, 9.17) is 0 Å². The minimum absolute atomic E-state index is 0.0201. The van der Waals surface area contributed by atoms with Crippen LogP contribution in [0.3, 0.4) is 0 Å². The Morgan fingerprint density at radius 1 is 1.28 bits per heavy atom. The molecule has 0 bridgehead atoms. The third kappa shape index (κ3) is 6.59. The molecule has 0 saturated heterocycles. The lowest BCUT2D eigenvalue weighted by atomic mass is 10.2. The van der Waals surface area contributed by atoms with Gasteiger partial charge in [-0.1, -0.05) is 36.9 Å². The summed E-state index contributed by atoms with van der Waals surface area (Å²) in [6.45, 7) is 3.50. The van der Waals surface area contributed by atoms with E-state index in [9.17, 15) is 18.0 Å². The Hall–Kier alpha value is -1.83. The first-order valence-electron chi connectivity index (χ1n) is 8.21. The standard InChI is InChI=1S/C16H20N4O5S4/c1-9(2)14(22)17-11-7-10(5-6-12(11)26-4)29(23,24)20-15-18-19-16(28-15)27-8-13(21)25-3/h5-7,9H,8H2,1-4H3,(H,17,22)(H,18,20). The number of hydrogen-bond acceptors (Lipinski definition) is 10. The van der Waals surface area contributed by atoms with Crippen molar-refractivity contribution in [2.75, 3.05) is 29.2 Å². The number of carbonyl (C=O) groups excluding carboxylic acids is 2. The predicted molar refractivity (Wildman–Crippen MR) is 115 cm³/mol. The monoisotopic (exact) mass is 476 g/mol. The molecule has 1 heterocycles. The maximum Gasteiger partial charge on any atom is 0.316 e. The van der Waals surface area contributed by atoms with Crippen LogP contribution in [-0.4, -0.2) is 49.6 Å². The van der Waals surface area contributed by atoms with E-state index in [0.717, 1.165) is 28.0 Å². The summed E-state index contributed by atoms with van der Waals surface area (Å²) in [6.07, 6.45) is 1.83. The minimum Gasteiger partial charge on any atom is -0.468 e. The SMILES string of the molecule is COC(=O)CSc1nnc(NS(=O)(=O)c2ccc(SC)c(NC(=O)C(C)C)c2)s1. The molecule has 158 valence electrons. The van der Waals surface area contributed by atoms with E-state index < -0.39 is 16.0 Å². The Morgan fingerprint density at radius 2 is 2.00 bits per heavy atom. The van der Waals surface area contributed by atoms with Gasteiger partial charge in [0.15, 0.2) is 4.34 Å². The van der Waals surface area contributed by atoms with Gasteiger partial charge >= 0.3 is 5.97 Å². The van der Waals surface area contributed by atoms with Crippen LogP contribution < -0.4 is 10.0 Å². The molecule has 1 amide bonds. The molecular formula is C16H20N4O5S4. The Balaban J connectivity index is 2.19. The molecule has 1 aromatic heterocycles. The Kier molecular flexibility index (Phi) is 8.31. The third-order valence-electron chi connectivity index (χ3n) is 3.43. The van der Waals surface area contributed by atoms with E-state index >= 15 is 0 Å². The fraction of sp³-hybridized carbons (Fsp3) is 0.375. The summed E-state index contributed by atoms with van der Waals surface area (Å²) in [5.74, 6) is -0.825. The van der Waals surface area contributed by atoms with Gasteiger partial charge in [0, 0.05) is 10.8 Å². The summed E-state index contributed by atoms with van der Waals surface area (Å²) in [4.78, 5) is 23.9. The molecule has 0 unspecified atom stereocenters. The average Bonchev–Trinajstić information content (AvgIpc) is 3.12. The first kappa shape index (κ1) is 23.4. The number of thioether (sulfide) groups is 2. The van der Waals surface area contributed by atoms with E-state index in [1.807, 2.05) is 6.26 Å². The molecule has 0 saturated carbocycles. The number of benzene rings is 1. The fourth-order valence-electron chi connectivity index (χ4n) is 1.89. The number of amides is 1. The van der Waals surface area contributed by atoms with Gasteiger partial charge in [-0.2, -0.15) is 0 Å². The molecular weight excluding hydrogens is 456 g/mol. The van der Waals surface area contributed by atoms with Crippen molar-refractivity contribution in [3.05, 3.63) is 18.2 Å². The number of carbonyl (C=O) groups is 2. The molecule has 9 nitrogen and oxygen atoms in total. The molecule has 0 aliphatic heterocycles. The van der Waals surface area contributed by atoms with E-state index in [-0.39, 0.29) is 27.6 Å². The van der Waals surface area contributed by atoms with Gasteiger partial charge < -0.3 is 10.1 Å². The number of aromatic nitrogens is 2. The Bertz CT molecular complexity index is 991. The molecule has 2 N–H and O–H groups in total. The molecule has 0 atom stereocenters. The summed E-state index contributed by atoms with van der Waals surface area (Å²) in [5, 5.41) is 10.4. The van der Waals surface area contributed by atoms with Crippen LogP contribution in [0.1, 0.15) is 13.8 Å². The number of hydrogen-bond donors (Lipinski definition) is 2. The zero-order chi connectivity index (χ0) is 21.6. The van der Waals surface area contributed by atoms with Crippen LogP contribution in [-0.2, 0) is 24.3 Å². The topological polar surface area (TPSA) is 127 Å². The number of ether oxygens (including phenoxy) is 1. The summed E-state index contributed by atoms with van der Waals surface area (Å²) in [6, 6.07) is 4.49. The lowest BCUT2D eigenvalue weighted by Crippen LogP contribution is -2.19. The van der Waals surface area contributed by atoms with Crippen molar-refractivity contribution in [1.82, 2.24) is 10.2 Å². The molecule has 1 aromatic carbocycles. The Morgan fingerprint density at radius 3 is 2.62 bits per heavy atom. The number of sulfonamides is 1. The summed E-state index contributed by atoms with van der Waals surface area (Å²) in [5.41, 5.74) is 0.422. The van der Waals surface area contributed by atoms with Crippen molar-refractivity contribution >= 4 is 67.6 Å². The van der Waals surface area contributed by atoms with Crippen LogP contribution in [0.25, 0.3) is 0 Å². The first-order chi connectivity index (χ1) is 13.7. The molecule has 0 spiro atoms. The number of nitrogens with zero attached hydrogens (tertiary/aromatic N) is 2. The second-order valence-corrected chi connectivity index (χ2v) is 10.6. The van der Waals surface area contributed by atoms with Gasteiger partial charge in [0.2, 0.25) is 11.0 Å². The molecule has 13 heteroatoms. The van der Waals surface area contributed by atoms with Gasteiger partial charge in [-0.3, -0.25) is 14.3 Å². The molecule has 0 aliphatic rings. The number of rotatable bonds is 9. The number of anilines is 2. The Labute approximate surface area is 181 Å². The zero-order valence-electron chi connectivity index (χ0n) is 16.1. The lowest BCUT2D eigenvalue weighted by Gasteiger charge is -2.13. The molecule has 0 fully saturated rings. The minimum atomic E-state index is -3.94. The molecule has 2 rings (SSSR count). The van der Waals surface area contributed by atoms with Crippen molar-refractivity contribution in [3.63, 3.8) is 0 Å². The maximum absolute atomic E-state index is 12.7. The number of methoxy groups -OCH3 is 1. The summed E-state index contributed by atoms with van der Waals surface area (Å²) in [7, 11) is -2.66. The van der Waals surface area contributed by atoms with Crippen molar-refractivity contribution in [3.8, 4) is 0 Å². The van der Waals surface area contributed by atoms with Gasteiger partial charge in [-0.15, -0.1) is 22.0 Å². The van der Waals surface area contributed by atoms with E-state index in [0.29, 0.717) is 10.0 Å². The average molecular weight is 477 g/mol. The van der Waals surface area contributed by atoms with Crippen LogP contribution in [0, 0.1) is 5.92 Å². The van der Waals surface area contributed by atoms with Gasteiger partial charge in [-0.05, 0) is 24.5 Å². The fourth-order valence-corrected chi connectivity index (χ4v) is 5.27. The largest absolute Gasteiger partial charge is 0.468 e. The quantitative estimate of drug-likeness (QED) is 0.415. The first-order valence-corrected chi connectivity index (χ1v) is 12.7. The van der Waals surface area contributed by atoms with Gasteiger partial charge in [0.1, 0.15) is 0 Å². The van der Waals surface area contributed by atoms with Gasteiger partial charge in [-0.25, -0.2) is 8.42 Å². The smallest absolute Gasteiger partial charge is 0.316 e. The van der Waals surface area contributed by atoms with E-state index in [1.165, 1.54) is 31.0 Å². The number of esters is 1. The highest BCUT2D eigenvalue weighted by Gasteiger charge is 2.20. The predicted octanol–water partition coefficient (Wildman–Crippen LogP) is 2.92. The molecule has 2 aromatic rings. The maximum atomic E-state index is 12.7. The van der Waals surface area contributed by atoms with E-state index in [1.54, 1.807) is 19.9 Å². The molecule has 29 heavy (non-hydrogen) atoms. The van der Waals surface area contributed by atoms with Gasteiger partial charge in [0.05, 0.1) is 23.4 Å². The van der Waals surface area contributed by atoms with Crippen LogP contribution in [0.2, 0.25) is 0 Å².